The number of carbonyl (C=O) groups is 2. The molecule has 2 rings (SSSR count). The highest BCUT2D eigenvalue weighted by Crippen LogP contribution is 2.31. The molecule has 0 aromatic carbocycles. The summed E-state index contributed by atoms with van der Waals surface area (Å²) < 4.78 is 4.77. The van der Waals surface area contributed by atoms with Gasteiger partial charge in [-0.2, -0.15) is 0 Å². The molecule has 20 heavy (non-hydrogen) atoms. The Labute approximate surface area is 121 Å². The summed E-state index contributed by atoms with van der Waals surface area (Å²) >= 11 is 1.22. The second-order valence-electron chi connectivity index (χ2n) is 4.75. The summed E-state index contributed by atoms with van der Waals surface area (Å²) in [6.45, 7) is 0.307. The summed E-state index contributed by atoms with van der Waals surface area (Å²) in [6, 6.07) is 3.37. The summed E-state index contributed by atoms with van der Waals surface area (Å²) in [5.74, 6) is -0.107. The zero-order valence-corrected chi connectivity index (χ0v) is 12.0. The first-order valence-corrected chi connectivity index (χ1v) is 7.27. The van der Waals surface area contributed by atoms with Crippen LogP contribution in [-0.2, 0) is 9.53 Å². The lowest BCUT2D eigenvalue weighted by Crippen LogP contribution is -2.33. The fourth-order valence-electron chi connectivity index (χ4n) is 1.65. The van der Waals surface area contributed by atoms with Gasteiger partial charge in [0.05, 0.1) is 22.6 Å². The molecule has 1 aliphatic carbocycles. The number of hydrogen-bond donors (Lipinski definition) is 3. The van der Waals surface area contributed by atoms with Crippen molar-refractivity contribution in [2.24, 2.45) is 5.92 Å². The van der Waals surface area contributed by atoms with Crippen molar-refractivity contribution >= 4 is 28.2 Å². The molecule has 1 fully saturated rings. The Morgan fingerprint density at radius 1 is 1.50 bits per heavy atom. The van der Waals surface area contributed by atoms with Crippen LogP contribution in [0.2, 0.25) is 0 Å². The summed E-state index contributed by atoms with van der Waals surface area (Å²) in [6.07, 6.45) is 1.17. The summed E-state index contributed by atoms with van der Waals surface area (Å²) in [4.78, 5) is 23.9. The molecule has 3 N–H and O–H groups in total. The van der Waals surface area contributed by atoms with E-state index in [1.165, 1.54) is 18.4 Å². The van der Waals surface area contributed by atoms with Crippen molar-refractivity contribution < 1.29 is 19.4 Å². The molecule has 1 atom stereocenters. The Morgan fingerprint density at radius 3 is 2.90 bits per heavy atom. The number of ether oxygens (including phenoxy) is 1. The van der Waals surface area contributed by atoms with Crippen molar-refractivity contribution in [1.29, 1.82) is 0 Å². The largest absolute Gasteiger partial charge is 0.389 e. The van der Waals surface area contributed by atoms with Crippen molar-refractivity contribution in [3.8, 4) is 0 Å². The molecule has 1 aliphatic rings. The smallest absolute Gasteiger partial charge is 0.261 e. The Bertz CT molecular complexity index is 484. The van der Waals surface area contributed by atoms with Crippen LogP contribution in [0.1, 0.15) is 22.5 Å². The molecule has 0 spiro atoms. The van der Waals surface area contributed by atoms with Gasteiger partial charge in [-0.25, -0.2) is 0 Å². The molecule has 1 heterocycles. The molecule has 0 radical (unpaired) electrons. The van der Waals surface area contributed by atoms with Crippen molar-refractivity contribution in [3.63, 3.8) is 0 Å². The summed E-state index contributed by atoms with van der Waals surface area (Å²) in [5, 5.41) is 15.5. The molecule has 0 aliphatic heterocycles. The highest BCUT2D eigenvalue weighted by Gasteiger charge is 2.29. The fourth-order valence-corrected chi connectivity index (χ4v) is 2.47. The second-order valence-corrected chi connectivity index (χ2v) is 5.83. The van der Waals surface area contributed by atoms with E-state index in [9.17, 15) is 14.7 Å². The van der Waals surface area contributed by atoms with Gasteiger partial charge in [0.2, 0.25) is 5.91 Å². The van der Waals surface area contributed by atoms with Gasteiger partial charge in [0, 0.05) is 19.6 Å². The number of carbonyl (C=O) groups excluding carboxylic acids is 2. The Kier molecular flexibility index (Phi) is 5.11. The zero-order chi connectivity index (χ0) is 14.5. The Morgan fingerprint density at radius 2 is 2.25 bits per heavy atom. The first kappa shape index (κ1) is 15.0. The van der Waals surface area contributed by atoms with Gasteiger partial charge < -0.3 is 20.5 Å². The Balaban J connectivity index is 1.81. The quantitative estimate of drug-likeness (QED) is 0.696. The second kappa shape index (κ2) is 6.83. The topological polar surface area (TPSA) is 87.7 Å². The van der Waals surface area contributed by atoms with Gasteiger partial charge in [-0.3, -0.25) is 9.59 Å². The maximum Gasteiger partial charge on any atom is 0.261 e. The number of rotatable bonds is 7. The van der Waals surface area contributed by atoms with Crippen LogP contribution in [0.15, 0.2) is 12.1 Å². The highest BCUT2D eigenvalue weighted by molar-refractivity contribution is 7.18. The van der Waals surface area contributed by atoms with Crippen LogP contribution in [0.4, 0.5) is 5.00 Å². The average molecular weight is 298 g/mol. The number of hydrogen-bond acceptors (Lipinski definition) is 5. The number of anilines is 1. The van der Waals surface area contributed by atoms with Crippen LogP contribution < -0.4 is 10.6 Å². The third-order valence-electron chi connectivity index (χ3n) is 2.88. The van der Waals surface area contributed by atoms with E-state index >= 15 is 0 Å². The molecule has 7 heteroatoms. The molecule has 1 aromatic rings. The van der Waals surface area contributed by atoms with E-state index in [1.54, 1.807) is 12.1 Å². The SMILES string of the molecule is COCC(O)CNC(=O)c1ccc(NC(=O)C2CC2)s1. The normalized spacial score (nSPS) is 15.7. The van der Waals surface area contributed by atoms with Gasteiger partial charge in [0.1, 0.15) is 0 Å². The van der Waals surface area contributed by atoms with Crippen molar-refractivity contribution in [2.75, 3.05) is 25.6 Å². The number of methoxy groups -OCH3 is 1. The number of aliphatic hydroxyl groups excluding tert-OH is 1. The average Bonchev–Trinajstić information content (AvgIpc) is 3.17. The molecule has 2 amide bonds. The molecule has 6 nitrogen and oxygen atoms in total. The van der Waals surface area contributed by atoms with Crippen molar-refractivity contribution in [1.82, 2.24) is 5.32 Å². The molecular formula is C13H18N2O4S. The lowest BCUT2D eigenvalue weighted by Gasteiger charge is -2.09. The molecule has 0 bridgehead atoms. The van der Waals surface area contributed by atoms with Gasteiger partial charge in [-0.05, 0) is 25.0 Å². The monoisotopic (exact) mass is 298 g/mol. The minimum atomic E-state index is -0.724. The van der Waals surface area contributed by atoms with E-state index in [2.05, 4.69) is 10.6 Å². The van der Waals surface area contributed by atoms with E-state index in [0.29, 0.717) is 9.88 Å². The third kappa shape index (κ3) is 4.29. The fraction of sp³-hybridized carbons (Fsp3) is 0.538. The number of aliphatic hydroxyl groups is 1. The number of thiophene rings is 1. The highest BCUT2D eigenvalue weighted by atomic mass is 32.1. The summed E-state index contributed by atoms with van der Waals surface area (Å²) in [5.41, 5.74) is 0. The minimum Gasteiger partial charge on any atom is -0.389 e. The van der Waals surface area contributed by atoms with Gasteiger partial charge >= 0.3 is 0 Å². The molecule has 0 saturated heterocycles. The molecule has 1 saturated carbocycles. The van der Waals surface area contributed by atoms with Crippen molar-refractivity contribution in [2.45, 2.75) is 18.9 Å². The minimum absolute atomic E-state index is 0.0225. The van der Waals surface area contributed by atoms with Gasteiger partial charge in [-0.15, -0.1) is 11.3 Å². The van der Waals surface area contributed by atoms with E-state index in [-0.39, 0.29) is 30.9 Å². The van der Waals surface area contributed by atoms with Crippen LogP contribution in [0.3, 0.4) is 0 Å². The summed E-state index contributed by atoms with van der Waals surface area (Å²) in [7, 11) is 1.49. The van der Waals surface area contributed by atoms with Gasteiger partial charge in [0.25, 0.3) is 5.91 Å². The molecule has 1 unspecified atom stereocenters. The lowest BCUT2D eigenvalue weighted by atomic mass is 10.3. The predicted molar refractivity (Wildman–Crippen MR) is 75.9 cm³/mol. The van der Waals surface area contributed by atoms with Crippen LogP contribution in [0.5, 0.6) is 0 Å². The maximum atomic E-state index is 11.8. The molecule has 1 aromatic heterocycles. The first-order valence-electron chi connectivity index (χ1n) is 6.46. The van der Waals surface area contributed by atoms with Crippen LogP contribution in [-0.4, -0.2) is 43.3 Å². The first-order chi connectivity index (χ1) is 9.60. The Hall–Kier alpha value is -1.44. The zero-order valence-electron chi connectivity index (χ0n) is 11.2. The predicted octanol–water partition coefficient (Wildman–Crippen LogP) is 0.834. The van der Waals surface area contributed by atoms with E-state index in [4.69, 9.17) is 4.74 Å². The van der Waals surface area contributed by atoms with Gasteiger partial charge in [0.15, 0.2) is 0 Å². The van der Waals surface area contributed by atoms with Crippen LogP contribution in [0.25, 0.3) is 0 Å². The number of nitrogens with one attached hydrogen (secondary N) is 2. The van der Waals surface area contributed by atoms with E-state index < -0.39 is 6.10 Å². The van der Waals surface area contributed by atoms with Crippen molar-refractivity contribution in [3.05, 3.63) is 17.0 Å². The van der Waals surface area contributed by atoms with E-state index in [1.807, 2.05) is 0 Å². The lowest BCUT2D eigenvalue weighted by molar-refractivity contribution is -0.117. The third-order valence-corrected chi connectivity index (χ3v) is 3.88. The van der Waals surface area contributed by atoms with Crippen LogP contribution in [0, 0.1) is 5.92 Å². The standard InChI is InChI=1S/C13H18N2O4S/c1-19-7-9(16)6-14-13(18)10-4-5-11(20-10)15-12(17)8-2-3-8/h4-5,8-9,16H,2-3,6-7H2,1H3,(H,14,18)(H,15,17). The molecule has 110 valence electrons. The maximum absolute atomic E-state index is 11.8. The molecular weight excluding hydrogens is 280 g/mol. The number of amides is 2. The van der Waals surface area contributed by atoms with Gasteiger partial charge in [-0.1, -0.05) is 0 Å². The van der Waals surface area contributed by atoms with E-state index in [0.717, 1.165) is 12.8 Å². The van der Waals surface area contributed by atoms with Crippen LogP contribution >= 0.6 is 11.3 Å².